The first kappa shape index (κ1) is 11.0. The quantitative estimate of drug-likeness (QED) is 0.715. The number of nitrogens with two attached hydrogens (primary N) is 1. The Morgan fingerprint density at radius 1 is 1.29 bits per heavy atom. The lowest BCUT2D eigenvalue weighted by Crippen LogP contribution is -2.20. The molecule has 0 aliphatic rings. The van der Waals surface area contributed by atoms with E-state index in [1.54, 1.807) is 13.0 Å². The fraction of sp³-hybridized carbons (Fsp3) is 0.333. The Bertz CT molecular complexity index is 452. The maximum absolute atomic E-state index is 11.6. The van der Waals surface area contributed by atoms with Crippen LogP contribution in [0.1, 0.15) is 11.1 Å². The van der Waals surface area contributed by atoms with Gasteiger partial charge in [-0.1, -0.05) is 0 Å². The average molecular weight is 214 g/mol. The van der Waals surface area contributed by atoms with Gasteiger partial charge in [0.2, 0.25) is 10.0 Å². The minimum atomic E-state index is -3.40. The smallest absolute Gasteiger partial charge is 0.240 e. The number of sulfonamides is 1. The second-order valence-corrected chi connectivity index (χ2v) is 5.02. The fourth-order valence-corrected chi connectivity index (χ4v) is 2.32. The third kappa shape index (κ3) is 1.88. The van der Waals surface area contributed by atoms with Crippen molar-refractivity contribution in [1.29, 1.82) is 0 Å². The summed E-state index contributed by atoms with van der Waals surface area (Å²) in [6.07, 6.45) is 0. The highest BCUT2D eigenvalue weighted by Crippen LogP contribution is 2.21. The van der Waals surface area contributed by atoms with Crippen LogP contribution in [-0.2, 0) is 10.0 Å². The van der Waals surface area contributed by atoms with Crippen molar-refractivity contribution in [3.05, 3.63) is 23.3 Å². The molecule has 0 heterocycles. The van der Waals surface area contributed by atoms with Crippen LogP contribution in [0.3, 0.4) is 0 Å². The molecule has 78 valence electrons. The molecule has 0 aliphatic heterocycles. The maximum Gasteiger partial charge on any atom is 0.240 e. The molecule has 1 rings (SSSR count). The monoisotopic (exact) mass is 214 g/mol. The van der Waals surface area contributed by atoms with Crippen molar-refractivity contribution in [3.63, 3.8) is 0 Å². The Hall–Kier alpha value is -1.07. The number of benzene rings is 1. The average Bonchev–Trinajstić information content (AvgIpc) is 2.11. The molecule has 0 saturated heterocycles. The van der Waals surface area contributed by atoms with E-state index in [-0.39, 0.29) is 4.90 Å². The van der Waals surface area contributed by atoms with Crippen LogP contribution in [0.4, 0.5) is 5.69 Å². The van der Waals surface area contributed by atoms with Crippen LogP contribution in [0, 0.1) is 13.8 Å². The molecule has 0 aliphatic carbocycles. The molecule has 0 bridgehead atoms. The number of hydrogen-bond acceptors (Lipinski definition) is 3. The zero-order chi connectivity index (χ0) is 10.9. The molecule has 0 spiro atoms. The van der Waals surface area contributed by atoms with Gasteiger partial charge in [-0.05, 0) is 44.2 Å². The highest BCUT2D eigenvalue weighted by molar-refractivity contribution is 7.89. The van der Waals surface area contributed by atoms with Crippen LogP contribution in [0.2, 0.25) is 0 Å². The summed E-state index contributed by atoms with van der Waals surface area (Å²) in [5.74, 6) is 0. The predicted molar refractivity (Wildman–Crippen MR) is 56.6 cm³/mol. The third-order valence-corrected chi connectivity index (χ3v) is 3.74. The molecule has 0 saturated carbocycles. The van der Waals surface area contributed by atoms with Gasteiger partial charge in [0.05, 0.1) is 4.90 Å². The van der Waals surface area contributed by atoms with Gasteiger partial charge in [-0.15, -0.1) is 0 Å². The van der Waals surface area contributed by atoms with Crippen molar-refractivity contribution >= 4 is 15.7 Å². The van der Waals surface area contributed by atoms with Crippen LogP contribution in [0.15, 0.2) is 17.0 Å². The molecule has 0 amide bonds. The fourth-order valence-electron chi connectivity index (χ4n) is 1.24. The number of rotatable bonds is 2. The molecule has 4 nitrogen and oxygen atoms in total. The Morgan fingerprint density at radius 3 is 2.36 bits per heavy atom. The van der Waals surface area contributed by atoms with Gasteiger partial charge in [0, 0.05) is 5.69 Å². The molecular weight excluding hydrogens is 200 g/mol. The number of nitrogens with one attached hydrogen (secondary N) is 1. The SMILES string of the molecule is CNS(=O)(=O)c1cc(N)cc(C)c1C. The number of hydrogen-bond donors (Lipinski definition) is 2. The summed E-state index contributed by atoms with van der Waals surface area (Å²) in [5, 5.41) is 0. The molecule has 3 N–H and O–H groups in total. The summed E-state index contributed by atoms with van der Waals surface area (Å²) >= 11 is 0. The zero-order valence-corrected chi connectivity index (χ0v) is 9.27. The molecule has 0 unspecified atom stereocenters. The van der Waals surface area contributed by atoms with Gasteiger partial charge >= 0.3 is 0 Å². The maximum atomic E-state index is 11.6. The lowest BCUT2D eigenvalue weighted by atomic mass is 10.1. The van der Waals surface area contributed by atoms with Gasteiger partial charge in [0.1, 0.15) is 0 Å². The van der Waals surface area contributed by atoms with E-state index in [2.05, 4.69) is 4.72 Å². The predicted octanol–water partition coefficient (Wildman–Crippen LogP) is 0.794. The summed E-state index contributed by atoms with van der Waals surface area (Å²) < 4.78 is 25.4. The Kier molecular flexibility index (Phi) is 2.82. The molecule has 5 heteroatoms. The first-order valence-corrected chi connectivity index (χ1v) is 5.67. The number of anilines is 1. The van der Waals surface area contributed by atoms with E-state index in [0.717, 1.165) is 11.1 Å². The van der Waals surface area contributed by atoms with E-state index < -0.39 is 10.0 Å². The zero-order valence-electron chi connectivity index (χ0n) is 8.46. The van der Waals surface area contributed by atoms with Crippen molar-refractivity contribution < 1.29 is 8.42 Å². The summed E-state index contributed by atoms with van der Waals surface area (Å²) in [6, 6.07) is 3.22. The van der Waals surface area contributed by atoms with Crippen molar-refractivity contribution in [2.24, 2.45) is 0 Å². The summed E-state index contributed by atoms with van der Waals surface area (Å²) in [4.78, 5) is 0.248. The van der Waals surface area contributed by atoms with Crippen molar-refractivity contribution in [1.82, 2.24) is 4.72 Å². The van der Waals surface area contributed by atoms with Gasteiger partial charge < -0.3 is 5.73 Å². The Balaban J connectivity index is 3.50. The number of aryl methyl sites for hydroxylation is 1. The van der Waals surface area contributed by atoms with Gasteiger partial charge in [-0.25, -0.2) is 13.1 Å². The van der Waals surface area contributed by atoms with Crippen molar-refractivity contribution in [3.8, 4) is 0 Å². The topological polar surface area (TPSA) is 72.2 Å². The molecular formula is C9H14N2O2S. The Morgan fingerprint density at radius 2 is 1.86 bits per heavy atom. The highest BCUT2D eigenvalue weighted by atomic mass is 32.2. The minimum Gasteiger partial charge on any atom is -0.399 e. The van der Waals surface area contributed by atoms with Crippen molar-refractivity contribution in [2.75, 3.05) is 12.8 Å². The summed E-state index contributed by atoms with van der Waals surface area (Å²) in [5.41, 5.74) is 7.65. The number of nitrogen functional groups attached to an aromatic ring is 1. The van der Waals surface area contributed by atoms with E-state index >= 15 is 0 Å². The van der Waals surface area contributed by atoms with Gasteiger partial charge in [0.25, 0.3) is 0 Å². The van der Waals surface area contributed by atoms with E-state index in [4.69, 9.17) is 5.73 Å². The summed E-state index contributed by atoms with van der Waals surface area (Å²) in [7, 11) is -2.02. The molecule has 0 atom stereocenters. The standard InChI is InChI=1S/C9H14N2O2S/c1-6-4-8(10)5-9(7(6)2)14(12,13)11-3/h4-5,11H,10H2,1-3H3. The van der Waals surface area contributed by atoms with E-state index in [9.17, 15) is 8.42 Å². The van der Waals surface area contributed by atoms with Crippen LogP contribution >= 0.6 is 0 Å². The van der Waals surface area contributed by atoms with Crippen molar-refractivity contribution in [2.45, 2.75) is 18.7 Å². The van der Waals surface area contributed by atoms with E-state index in [1.807, 2.05) is 6.92 Å². The second-order valence-electron chi connectivity index (χ2n) is 3.17. The highest BCUT2D eigenvalue weighted by Gasteiger charge is 2.16. The first-order valence-electron chi connectivity index (χ1n) is 4.18. The van der Waals surface area contributed by atoms with Crippen LogP contribution in [-0.4, -0.2) is 15.5 Å². The molecule has 0 aromatic heterocycles. The molecule has 14 heavy (non-hydrogen) atoms. The van der Waals surface area contributed by atoms with Crippen LogP contribution in [0.5, 0.6) is 0 Å². The van der Waals surface area contributed by atoms with Gasteiger partial charge in [-0.2, -0.15) is 0 Å². The summed E-state index contributed by atoms with van der Waals surface area (Å²) in [6.45, 7) is 3.60. The van der Waals surface area contributed by atoms with Crippen LogP contribution in [0.25, 0.3) is 0 Å². The van der Waals surface area contributed by atoms with E-state index in [1.165, 1.54) is 13.1 Å². The lowest BCUT2D eigenvalue weighted by molar-refractivity contribution is 0.587. The minimum absolute atomic E-state index is 0.248. The van der Waals surface area contributed by atoms with Gasteiger partial charge in [-0.3, -0.25) is 0 Å². The largest absolute Gasteiger partial charge is 0.399 e. The lowest BCUT2D eigenvalue weighted by Gasteiger charge is -2.09. The first-order chi connectivity index (χ1) is 6.38. The molecule has 1 aromatic rings. The Labute approximate surface area is 84.2 Å². The van der Waals surface area contributed by atoms with E-state index in [0.29, 0.717) is 5.69 Å². The van der Waals surface area contributed by atoms with Gasteiger partial charge in [0.15, 0.2) is 0 Å². The molecule has 1 aromatic carbocycles. The molecule has 0 radical (unpaired) electrons. The normalized spacial score (nSPS) is 11.6. The molecule has 0 fully saturated rings. The third-order valence-electron chi connectivity index (χ3n) is 2.20. The van der Waals surface area contributed by atoms with Crippen LogP contribution < -0.4 is 10.5 Å². The second kappa shape index (κ2) is 3.59.